The number of hydrogen-bond acceptors (Lipinski definition) is 4. The van der Waals surface area contributed by atoms with Gasteiger partial charge in [0.1, 0.15) is 12.1 Å². The Balaban J connectivity index is 0.000000561. The van der Waals surface area contributed by atoms with E-state index in [1.807, 2.05) is 12.1 Å². The van der Waals surface area contributed by atoms with E-state index in [0.717, 1.165) is 0 Å². The molecule has 0 saturated heterocycles. The van der Waals surface area contributed by atoms with Gasteiger partial charge in [0.25, 0.3) is 0 Å². The molecule has 1 aromatic rings. The van der Waals surface area contributed by atoms with Crippen molar-refractivity contribution in [3.05, 3.63) is 35.4 Å². The predicted molar refractivity (Wildman–Crippen MR) is 39.3 cm³/mol. The van der Waals surface area contributed by atoms with Gasteiger partial charge < -0.3 is 0 Å². The Morgan fingerprint density at radius 1 is 0.833 bits per heavy atom. The molecule has 0 radical (unpaired) electrons. The predicted octanol–water partition coefficient (Wildman–Crippen LogP) is 1.46. The lowest BCUT2D eigenvalue weighted by Crippen LogP contribution is -1.79. The highest BCUT2D eigenvalue weighted by molar-refractivity contribution is 5.44. The summed E-state index contributed by atoms with van der Waals surface area (Å²) >= 11 is 0. The average molecular weight is 156 g/mol. The first-order chi connectivity index (χ1) is 5.88. The molecule has 0 aliphatic carbocycles. The van der Waals surface area contributed by atoms with Crippen LogP contribution in [0.25, 0.3) is 0 Å². The van der Waals surface area contributed by atoms with Gasteiger partial charge in [-0.2, -0.15) is 10.5 Å². The molecule has 0 unspecified atom stereocenters. The Labute approximate surface area is 69.7 Å². The van der Waals surface area contributed by atoms with Gasteiger partial charge in [0.05, 0.1) is 11.1 Å². The fourth-order valence-electron chi connectivity index (χ4n) is 0.678. The van der Waals surface area contributed by atoms with Crippen molar-refractivity contribution in [1.82, 2.24) is 0 Å². The molecule has 4 nitrogen and oxygen atoms in total. The van der Waals surface area contributed by atoms with Crippen molar-refractivity contribution in [2.45, 2.75) is 0 Å². The quantitative estimate of drug-likeness (QED) is 0.531. The van der Waals surface area contributed by atoms with E-state index in [1.165, 1.54) is 0 Å². The van der Waals surface area contributed by atoms with E-state index in [1.54, 1.807) is 24.3 Å². The topological polar surface area (TPSA) is 95.2 Å². The van der Waals surface area contributed by atoms with E-state index in [2.05, 4.69) is 0 Å². The number of benzene rings is 1. The molecule has 1 rings (SSSR count). The largest absolute Gasteiger partial charge is 0.192 e. The van der Waals surface area contributed by atoms with Crippen LogP contribution < -0.4 is 0 Å². The van der Waals surface area contributed by atoms with Crippen LogP contribution in [0.3, 0.4) is 0 Å². The summed E-state index contributed by atoms with van der Waals surface area (Å²) in [6.07, 6.45) is 0. The van der Waals surface area contributed by atoms with E-state index in [9.17, 15) is 0 Å². The monoisotopic (exact) mass is 156 g/mol. The maximum Gasteiger partial charge on any atom is 0.101 e. The van der Waals surface area contributed by atoms with Crippen molar-refractivity contribution in [3.63, 3.8) is 0 Å². The third-order valence-corrected chi connectivity index (χ3v) is 1.17. The molecule has 0 aliphatic heterocycles. The van der Waals surface area contributed by atoms with Crippen LogP contribution in [0, 0.1) is 33.4 Å². The standard InChI is InChI=1S/C8H4N2.N2/c9-5-7-3-1-2-4-8(7)6-10;1-2/h1-4H;. The molecular weight excluding hydrogens is 152 g/mol. The molecule has 0 saturated carbocycles. The van der Waals surface area contributed by atoms with Crippen molar-refractivity contribution in [2.75, 3.05) is 0 Å². The number of rotatable bonds is 0. The third-order valence-electron chi connectivity index (χ3n) is 1.17. The van der Waals surface area contributed by atoms with Gasteiger partial charge in [-0.3, -0.25) is 0 Å². The fourth-order valence-corrected chi connectivity index (χ4v) is 0.678. The zero-order valence-corrected chi connectivity index (χ0v) is 6.10. The summed E-state index contributed by atoms with van der Waals surface area (Å²) in [5, 5.41) is 28.9. The van der Waals surface area contributed by atoms with Gasteiger partial charge in [-0.1, -0.05) is 12.1 Å². The second-order valence-corrected chi connectivity index (χ2v) is 1.77. The minimum atomic E-state index is 0.435. The molecule has 0 atom stereocenters. The molecule has 0 fully saturated rings. The van der Waals surface area contributed by atoms with Crippen molar-refractivity contribution in [3.8, 4) is 12.1 Å². The molecule has 0 aromatic heterocycles. The summed E-state index contributed by atoms with van der Waals surface area (Å²) in [6.45, 7) is 0. The zero-order chi connectivity index (χ0) is 9.40. The Morgan fingerprint density at radius 3 is 1.42 bits per heavy atom. The average Bonchev–Trinajstić information content (AvgIpc) is 2.20. The molecule has 4 heteroatoms. The van der Waals surface area contributed by atoms with Gasteiger partial charge in [-0.05, 0) is 12.1 Å². The van der Waals surface area contributed by atoms with Gasteiger partial charge in [0.15, 0.2) is 0 Å². The SMILES string of the molecule is N#Cc1ccccc1C#N.N#N. The van der Waals surface area contributed by atoms with Crippen molar-refractivity contribution in [2.24, 2.45) is 0 Å². The van der Waals surface area contributed by atoms with Crippen molar-refractivity contribution >= 4 is 0 Å². The third kappa shape index (κ3) is 2.10. The summed E-state index contributed by atoms with van der Waals surface area (Å²) < 4.78 is 0. The summed E-state index contributed by atoms with van der Waals surface area (Å²) in [5.74, 6) is 0. The van der Waals surface area contributed by atoms with Gasteiger partial charge in [-0.15, -0.1) is 0 Å². The lowest BCUT2D eigenvalue weighted by Gasteiger charge is -1.88. The second-order valence-electron chi connectivity index (χ2n) is 1.77. The summed E-state index contributed by atoms with van der Waals surface area (Å²) in [5.41, 5.74) is 0.870. The molecule has 1 aromatic carbocycles. The van der Waals surface area contributed by atoms with E-state index in [-0.39, 0.29) is 0 Å². The minimum Gasteiger partial charge on any atom is -0.192 e. The van der Waals surface area contributed by atoms with Gasteiger partial charge >= 0.3 is 0 Å². The van der Waals surface area contributed by atoms with Crippen LogP contribution in [0.4, 0.5) is 0 Å². The number of hydrogen-bond donors (Lipinski definition) is 0. The van der Waals surface area contributed by atoms with Crippen LogP contribution in [-0.2, 0) is 0 Å². The number of nitriles is 2. The van der Waals surface area contributed by atoms with E-state index in [0.29, 0.717) is 11.1 Å². The highest BCUT2D eigenvalue weighted by atomic mass is 14.6. The van der Waals surface area contributed by atoms with Crippen LogP contribution in [0.2, 0.25) is 0 Å². The summed E-state index contributed by atoms with van der Waals surface area (Å²) in [6, 6.07) is 10.6. The van der Waals surface area contributed by atoms with E-state index < -0.39 is 0 Å². The fraction of sp³-hybridized carbons (Fsp3) is 0. The van der Waals surface area contributed by atoms with Crippen LogP contribution in [0.1, 0.15) is 11.1 Å². The molecule has 0 aliphatic rings. The Kier molecular flexibility index (Phi) is 4.34. The lowest BCUT2D eigenvalue weighted by atomic mass is 10.1. The molecule has 0 amide bonds. The maximum absolute atomic E-state index is 8.45. The molecule has 12 heavy (non-hydrogen) atoms. The normalized spacial score (nSPS) is 6.67. The Morgan fingerprint density at radius 2 is 1.17 bits per heavy atom. The molecule has 56 valence electrons. The first-order valence-electron chi connectivity index (χ1n) is 2.97. The van der Waals surface area contributed by atoms with Gasteiger partial charge in [-0.25, -0.2) is 0 Å². The Bertz CT molecular complexity index is 320. The van der Waals surface area contributed by atoms with E-state index in [4.69, 9.17) is 21.3 Å². The van der Waals surface area contributed by atoms with Crippen LogP contribution in [-0.4, -0.2) is 0 Å². The van der Waals surface area contributed by atoms with Crippen molar-refractivity contribution in [1.29, 1.82) is 21.3 Å². The molecule has 0 N–H and O–H groups in total. The van der Waals surface area contributed by atoms with E-state index >= 15 is 0 Å². The summed E-state index contributed by atoms with van der Waals surface area (Å²) in [4.78, 5) is 0. The van der Waals surface area contributed by atoms with Crippen molar-refractivity contribution < 1.29 is 0 Å². The lowest BCUT2D eigenvalue weighted by molar-refractivity contribution is 1.15. The minimum absolute atomic E-state index is 0.435. The highest BCUT2D eigenvalue weighted by Gasteiger charge is 1.95. The number of nitrogens with zero attached hydrogens (tertiary/aromatic N) is 4. The van der Waals surface area contributed by atoms with Crippen LogP contribution in [0.5, 0.6) is 0 Å². The van der Waals surface area contributed by atoms with Gasteiger partial charge in [0, 0.05) is 10.8 Å². The highest BCUT2D eigenvalue weighted by Crippen LogP contribution is 2.03. The molecule has 0 heterocycles. The van der Waals surface area contributed by atoms with Crippen LogP contribution >= 0.6 is 0 Å². The first kappa shape index (κ1) is 9.62. The maximum atomic E-state index is 8.45. The smallest absolute Gasteiger partial charge is 0.101 e. The van der Waals surface area contributed by atoms with Crippen LogP contribution in [0.15, 0.2) is 24.3 Å². The van der Waals surface area contributed by atoms with Gasteiger partial charge in [0.2, 0.25) is 0 Å². The first-order valence-corrected chi connectivity index (χ1v) is 2.97. The second kappa shape index (κ2) is 5.41. The molecule has 0 spiro atoms. The zero-order valence-electron chi connectivity index (χ0n) is 6.10. The Hall–Kier alpha value is -2.38. The summed E-state index contributed by atoms with van der Waals surface area (Å²) in [7, 11) is 0. The molecule has 0 bridgehead atoms. The molecular formula is C8H4N4.